The van der Waals surface area contributed by atoms with E-state index < -0.39 is 23.3 Å². The average molecular weight is 700 g/mol. The second-order valence-corrected chi connectivity index (χ2v) is 11.9. The lowest BCUT2D eigenvalue weighted by atomic mass is 10.0. The monoisotopic (exact) mass is 699 g/mol. The molecule has 3 aromatic heterocycles. The first-order chi connectivity index (χ1) is 25.3. The number of halogens is 2. The first-order valence-corrected chi connectivity index (χ1v) is 16.1. The van der Waals surface area contributed by atoms with Crippen LogP contribution in [0.15, 0.2) is 102 Å². The van der Waals surface area contributed by atoms with E-state index in [2.05, 4.69) is 16.2 Å². The standard InChI is InChI=1S/C39H31F2N7O4/c1-23-36(52-22-43-23)34-33(27-7-4-6-26(18-27)19-42)44-38(39-45-37(46-48(34)39)35(49)32-30(40)8-5-9-31(32)41)47(20-24-10-14-28(50-2)15-11-24)21-25-12-16-29(51-3)17-13-25/h4-18,22,35,49H,20-21H2,1-3H3. The number of hydrogen-bond donors (Lipinski definition) is 1. The first-order valence-electron chi connectivity index (χ1n) is 16.1. The van der Waals surface area contributed by atoms with Crippen LogP contribution in [0.4, 0.5) is 14.6 Å². The lowest BCUT2D eigenvalue weighted by molar-refractivity contribution is 0.199. The Kier molecular flexibility index (Phi) is 9.30. The second kappa shape index (κ2) is 14.3. The van der Waals surface area contributed by atoms with E-state index in [0.717, 1.165) is 23.3 Å². The number of anilines is 1. The average Bonchev–Trinajstić information content (AvgIpc) is 3.81. The molecule has 7 aromatic rings. The maximum atomic E-state index is 15.0. The van der Waals surface area contributed by atoms with Gasteiger partial charge in [-0.3, -0.25) is 0 Å². The number of oxazole rings is 1. The Labute approximate surface area is 297 Å². The van der Waals surface area contributed by atoms with Crippen LogP contribution >= 0.6 is 0 Å². The number of ether oxygens (including phenoxy) is 2. The van der Waals surface area contributed by atoms with Crippen molar-refractivity contribution < 1.29 is 27.8 Å². The maximum Gasteiger partial charge on any atom is 0.199 e. The van der Waals surface area contributed by atoms with Crippen molar-refractivity contribution in [1.29, 1.82) is 5.26 Å². The molecule has 0 spiro atoms. The van der Waals surface area contributed by atoms with Gasteiger partial charge < -0.3 is 23.9 Å². The third-order valence-corrected chi connectivity index (χ3v) is 8.59. The molecule has 0 bridgehead atoms. The molecule has 0 amide bonds. The van der Waals surface area contributed by atoms with Crippen molar-refractivity contribution in [2.45, 2.75) is 26.1 Å². The molecule has 1 atom stereocenters. The molecule has 260 valence electrons. The molecule has 1 N–H and O–H groups in total. The van der Waals surface area contributed by atoms with Crippen molar-refractivity contribution in [1.82, 2.24) is 24.6 Å². The molecule has 52 heavy (non-hydrogen) atoms. The van der Waals surface area contributed by atoms with Crippen LogP contribution in [-0.2, 0) is 13.1 Å². The van der Waals surface area contributed by atoms with Gasteiger partial charge in [0.2, 0.25) is 0 Å². The third kappa shape index (κ3) is 6.50. The van der Waals surface area contributed by atoms with Gasteiger partial charge in [0.15, 0.2) is 29.4 Å². The van der Waals surface area contributed by atoms with Crippen LogP contribution in [0.25, 0.3) is 28.4 Å². The molecule has 7 rings (SSSR count). The number of benzene rings is 4. The summed E-state index contributed by atoms with van der Waals surface area (Å²) in [5.74, 6) is -0.188. The normalized spacial score (nSPS) is 11.7. The van der Waals surface area contributed by atoms with E-state index in [-0.39, 0.29) is 11.5 Å². The Balaban J connectivity index is 1.52. The summed E-state index contributed by atoms with van der Waals surface area (Å²) in [7, 11) is 3.19. The summed E-state index contributed by atoms with van der Waals surface area (Å²) < 4.78 is 48.1. The Hall–Kier alpha value is -6.65. The Morgan fingerprint density at radius 1 is 0.885 bits per heavy atom. The summed E-state index contributed by atoms with van der Waals surface area (Å²) in [5.41, 5.74) is 3.49. The molecule has 0 aliphatic rings. The predicted octanol–water partition coefficient (Wildman–Crippen LogP) is 7.21. The number of methoxy groups -OCH3 is 2. The Bertz CT molecular complexity index is 2350. The third-order valence-electron chi connectivity index (χ3n) is 8.59. The molecule has 4 aromatic carbocycles. The van der Waals surface area contributed by atoms with Gasteiger partial charge in [-0.05, 0) is 66.6 Å². The number of fused-ring (bicyclic) bond motifs is 1. The molecule has 3 heterocycles. The summed E-state index contributed by atoms with van der Waals surface area (Å²) in [6.07, 6.45) is -0.597. The van der Waals surface area contributed by atoms with Gasteiger partial charge in [-0.15, -0.1) is 5.10 Å². The van der Waals surface area contributed by atoms with E-state index in [9.17, 15) is 10.4 Å². The van der Waals surface area contributed by atoms with Crippen LogP contribution in [0.3, 0.4) is 0 Å². The molecule has 13 heteroatoms. The zero-order valence-electron chi connectivity index (χ0n) is 28.3. The fourth-order valence-electron chi connectivity index (χ4n) is 5.95. The second-order valence-electron chi connectivity index (χ2n) is 11.9. The van der Waals surface area contributed by atoms with E-state index in [1.54, 1.807) is 45.4 Å². The number of nitriles is 1. The molecule has 0 radical (unpaired) electrons. The Morgan fingerprint density at radius 2 is 1.50 bits per heavy atom. The van der Waals surface area contributed by atoms with Gasteiger partial charge in [-0.25, -0.2) is 28.2 Å². The number of hydrogen-bond acceptors (Lipinski definition) is 10. The molecule has 1 unspecified atom stereocenters. The SMILES string of the molecule is COc1ccc(CN(Cc2ccc(OC)cc2)c2nc(-c3cccc(C#N)c3)c(-c3ocnc3C)n3nc(C(O)c4c(F)cccc4F)nc23)cc1. The number of aromatic nitrogens is 5. The summed E-state index contributed by atoms with van der Waals surface area (Å²) in [5, 5.41) is 25.9. The summed E-state index contributed by atoms with van der Waals surface area (Å²) in [6, 6.07) is 27.5. The van der Waals surface area contributed by atoms with Crippen LogP contribution in [0.2, 0.25) is 0 Å². The highest BCUT2D eigenvalue weighted by atomic mass is 19.1. The number of aliphatic hydroxyl groups is 1. The van der Waals surface area contributed by atoms with Crippen LogP contribution in [0.1, 0.15) is 39.9 Å². The van der Waals surface area contributed by atoms with Crippen molar-refractivity contribution >= 4 is 11.5 Å². The minimum atomic E-state index is -1.88. The Morgan fingerprint density at radius 3 is 2.06 bits per heavy atom. The molecule has 0 saturated heterocycles. The molecule has 11 nitrogen and oxygen atoms in total. The topological polar surface area (TPSA) is 135 Å². The first kappa shape index (κ1) is 33.8. The zero-order valence-corrected chi connectivity index (χ0v) is 28.3. The molecule has 0 fully saturated rings. The van der Waals surface area contributed by atoms with Gasteiger partial charge in [0, 0.05) is 18.7 Å². The lowest BCUT2D eigenvalue weighted by Crippen LogP contribution is -2.25. The molecule has 0 saturated carbocycles. The minimum Gasteiger partial charge on any atom is -0.497 e. The number of aryl methyl sites for hydroxylation is 1. The van der Waals surface area contributed by atoms with Crippen molar-refractivity contribution in [2.75, 3.05) is 19.1 Å². The highest BCUT2D eigenvalue weighted by molar-refractivity contribution is 5.83. The highest BCUT2D eigenvalue weighted by Gasteiger charge is 2.30. The smallest absolute Gasteiger partial charge is 0.199 e. The number of rotatable bonds is 11. The number of aliphatic hydroxyl groups excluding tert-OH is 1. The van der Waals surface area contributed by atoms with E-state index in [1.807, 2.05) is 53.4 Å². The zero-order chi connectivity index (χ0) is 36.4. The number of nitrogens with zero attached hydrogens (tertiary/aromatic N) is 7. The molecule has 0 aliphatic heterocycles. The van der Waals surface area contributed by atoms with Crippen LogP contribution in [0, 0.1) is 29.9 Å². The van der Waals surface area contributed by atoms with Crippen LogP contribution < -0.4 is 14.4 Å². The molecule has 0 aliphatic carbocycles. The maximum absolute atomic E-state index is 15.0. The lowest BCUT2D eigenvalue weighted by Gasteiger charge is -2.26. The van der Waals surface area contributed by atoms with Crippen LogP contribution in [0.5, 0.6) is 11.5 Å². The van der Waals surface area contributed by atoms with Crippen molar-refractivity contribution in [3.05, 3.63) is 143 Å². The fourth-order valence-corrected chi connectivity index (χ4v) is 5.95. The fraction of sp³-hybridized carbons (Fsp3) is 0.154. The van der Waals surface area contributed by atoms with E-state index in [0.29, 0.717) is 64.4 Å². The van der Waals surface area contributed by atoms with Crippen molar-refractivity contribution in [3.8, 4) is 40.3 Å². The van der Waals surface area contributed by atoms with E-state index >= 15 is 8.78 Å². The summed E-state index contributed by atoms with van der Waals surface area (Å²) in [4.78, 5) is 16.2. The van der Waals surface area contributed by atoms with Gasteiger partial charge in [0.25, 0.3) is 0 Å². The van der Waals surface area contributed by atoms with Gasteiger partial charge in [0.05, 0.1) is 37.1 Å². The molecular weight excluding hydrogens is 668 g/mol. The van der Waals surface area contributed by atoms with Crippen LogP contribution in [-0.4, -0.2) is 43.9 Å². The molecular formula is C39H31F2N7O4. The minimum absolute atomic E-state index is 0.166. The van der Waals surface area contributed by atoms with Gasteiger partial charge in [-0.1, -0.05) is 42.5 Å². The largest absolute Gasteiger partial charge is 0.497 e. The quantitative estimate of drug-likeness (QED) is 0.148. The predicted molar refractivity (Wildman–Crippen MR) is 187 cm³/mol. The summed E-state index contributed by atoms with van der Waals surface area (Å²) in [6.45, 7) is 2.39. The summed E-state index contributed by atoms with van der Waals surface area (Å²) >= 11 is 0. The van der Waals surface area contributed by atoms with Gasteiger partial charge in [0.1, 0.15) is 40.6 Å². The highest BCUT2D eigenvalue weighted by Crippen LogP contribution is 2.38. The van der Waals surface area contributed by atoms with Crippen molar-refractivity contribution in [3.63, 3.8) is 0 Å². The van der Waals surface area contributed by atoms with E-state index in [1.165, 1.54) is 17.0 Å². The van der Waals surface area contributed by atoms with Gasteiger partial charge >= 0.3 is 0 Å². The van der Waals surface area contributed by atoms with E-state index in [4.69, 9.17) is 23.9 Å². The van der Waals surface area contributed by atoms with Crippen molar-refractivity contribution in [2.24, 2.45) is 0 Å². The van der Waals surface area contributed by atoms with Gasteiger partial charge in [-0.2, -0.15) is 5.26 Å².